The lowest BCUT2D eigenvalue weighted by Crippen LogP contribution is -2.56. The van der Waals surface area contributed by atoms with Crippen molar-refractivity contribution in [1.29, 1.82) is 0 Å². The molecule has 4 nitrogen and oxygen atoms in total. The molecule has 1 unspecified atom stereocenters. The Bertz CT molecular complexity index is 912. The Hall–Kier alpha value is -1.91. The molecule has 3 heterocycles. The van der Waals surface area contributed by atoms with Crippen molar-refractivity contribution >= 4 is 40.1 Å². The summed E-state index contributed by atoms with van der Waals surface area (Å²) in [6.07, 6.45) is 5.51. The number of pyridine rings is 1. The molecule has 24 heavy (non-hydrogen) atoms. The normalized spacial score (nSPS) is 19.3. The molecule has 122 valence electrons. The zero-order valence-electron chi connectivity index (χ0n) is 13.4. The summed E-state index contributed by atoms with van der Waals surface area (Å²) in [5.41, 5.74) is 2.82. The van der Waals surface area contributed by atoms with Crippen molar-refractivity contribution in [3.63, 3.8) is 0 Å². The van der Waals surface area contributed by atoms with Crippen LogP contribution in [0.25, 0.3) is 11.0 Å². The highest BCUT2D eigenvalue weighted by Gasteiger charge is 2.47. The Morgan fingerprint density at radius 3 is 2.54 bits per heavy atom. The van der Waals surface area contributed by atoms with E-state index in [9.17, 15) is 0 Å². The lowest BCUT2D eigenvalue weighted by Gasteiger charge is -2.55. The van der Waals surface area contributed by atoms with Gasteiger partial charge in [-0.2, -0.15) is 0 Å². The first kappa shape index (κ1) is 15.6. The topological polar surface area (TPSA) is 41.9 Å². The molecular formula is C18H16Cl2N4. The van der Waals surface area contributed by atoms with E-state index in [-0.39, 0.29) is 11.5 Å². The largest absolute Gasteiger partial charge is 0.347 e. The minimum Gasteiger partial charge on any atom is -0.347 e. The van der Waals surface area contributed by atoms with E-state index in [2.05, 4.69) is 34.8 Å². The molecule has 1 aromatic carbocycles. The number of fused-ring (bicyclic) bond motifs is 1. The van der Waals surface area contributed by atoms with Crippen molar-refractivity contribution in [3.8, 4) is 0 Å². The van der Waals surface area contributed by atoms with Crippen molar-refractivity contribution in [3.05, 3.63) is 58.5 Å². The molecule has 1 fully saturated rings. The summed E-state index contributed by atoms with van der Waals surface area (Å²) in [5, 5.41) is 0.980. The predicted molar refractivity (Wildman–Crippen MR) is 97.7 cm³/mol. The van der Waals surface area contributed by atoms with Gasteiger partial charge in [-0.1, -0.05) is 43.1 Å². The standard InChI is InChI=1S/C18H16Cl2N4/c1-18(2)10-24(17(18)11-4-3-5-21-8-11)16-9-22-14-6-12(19)13(20)7-15(14)23-16/h3-9,17H,10H2,1-2H3. The minimum absolute atomic E-state index is 0.150. The van der Waals surface area contributed by atoms with Crippen molar-refractivity contribution in [2.24, 2.45) is 5.41 Å². The molecule has 3 aromatic rings. The molecule has 0 radical (unpaired) electrons. The first-order valence-electron chi connectivity index (χ1n) is 7.74. The second-order valence-corrected chi connectivity index (χ2v) is 7.60. The van der Waals surface area contributed by atoms with Gasteiger partial charge in [0.1, 0.15) is 5.82 Å². The average molecular weight is 359 g/mol. The second-order valence-electron chi connectivity index (χ2n) is 6.79. The SMILES string of the molecule is CC1(C)CN(c2cnc3cc(Cl)c(Cl)cc3n2)C1c1cccnc1. The molecule has 1 aliphatic heterocycles. The fourth-order valence-corrected chi connectivity index (χ4v) is 3.76. The number of halogens is 2. The number of rotatable bonds is 2. The Morgan fingerprint density at radius 2 is 1.88 bits per heavy atom. The molecule has 2 aromatic heterocycles. The van der Waals surface area contributed by atoms with E-state index in [1.54, 1.807) is 24.5 Å². The minimum atomic E-state index is 0.150. The molecule has 0 saturated carbocycles. The van der Waals surface area contributed by atoms with Crippen molar-refractivity contribution in [2.75, 3.05) is 11.4 Å². The van der Waals surface area contributed by atoms with Gasteiger partial charge < -0.3 is 4.90 Å². The molecule has 0 amide bonds. The maximum absolute atomic E-state index is 6.12. The van der Waals surface area contributed by atoms with Gasteiger partial charge in [0.2, 0.25) is 0 Å². The zero-order valence-corrected chi connectivity index (χ0v) is 14.9. The number of hydrogen-bond donors (Lipinski definition) is 0. The van der Waals surface area contributed by atoms with Crippen LogP contribution in [-0.4, -0.2) is 21.5 Å². The zero-order chi connectivity index (χ0) is 16.9. The summed E-state index contributed by atoms with van der Waals surface area (Å²) < 4.78 is 0. The summed E-state index contributed by atoms with van der Waals surface area (Å²) in [6.45, 7) is 5.42. The number of hydrogen-bond acceptors (Lipinski definition) is 4. The van der Waals surface area contributed by atoms with Gasteiger partial charge in [-0.15, -0.1) is 0 Å². The first-order chi connectivity index (χ1) is 11.5. The van der Waals surface area contributed by atoms with Crippen LogP contribution in [0.5, 0.6) is 0 Å². The molecule has 0 spiro atoms. The number of benzene rings is 1. The molecular weight excluding hydrogens is 343 g/mol. The second kappa shape index (κ2) is 5.57. The monoisotopic (exact) mass is 358 g/mol. The quantitative estimate of drug-likeness (QED) is 0.651. The van der Waals surface area contributed by atoms with Crippen LogP contribution in [0, 0.1) is 5.41 Å². The fourth-order valence-electron chi connectivity index (χ4n) is 3.45. The van der Waals surface area contributed by atoms with Crippen LogP contribution in [0.1, 0.15) is 25.5 Å². The van der Waals surface area contributed by atoms with Crippen LogP contribution < -0.4 is 4.90 Å². The predicted octanol–water partition coefficient (Wildman–Crippen LogP) is 4.92. The van der Waals surface area contributed by atoms with Gasteiger partial charge in [0, 0.05) is 24.4 Å². The molecule has 1 atom stereocenters. The highest BCUT2D eigenvalue weighted by molar-refractivity contribution is 6.42. The maximum atomic E-state index is 6.12. The van der Waals surface area contributed by atoms with E-state index in [0.717, 1.165) is 23.4 Å². The van der Waals surface area contributed by atoms with Crippen LogP contribution in [0.2, 0.25) is 10.0 Å². The third-order valence-electron chi connectivity index (χ3n) is 4.50. The third-order valence-corrected chi connectivity index (χ3v) is 5.22. The molecule has 6 heteroatoms. The lowest BCUT2D eigenvalue weighted by atomic mass is 9.72. The molecule has 0 bridgehead atoms. The first-order valence-corrected chi connectivity index (χ1v) is 8.50. The Kier molecular flexibility index (Phi) is 3.62. The van der Waals surface area contributed by atoms with E-state index in [0.29, 0.717) is 10.0 Å². The molecule has 0 N–H and O–H groups in total. The highest BCUT2D eigenvalue weighted by Crippen LogP contribution is 2.49. The van der Waals surface area contributed by atoms with Gasteiger partial charge in [0.15, 0.2) is 0 Å². The Balaban J connectivity index is 1.75. The molecule has 1 aliphatic rings. The average Bonchev–Trinajstić information content (AvgIpc) is 2.54. The lowest BCUT2D eigenvalue weighted by molar-refractivity contribution is 0.178. The number of nitrogens with zero attached hydrogens (tertiary/aromatic N) is 4. The fraction of sp³-hybridized carbons (Fsp3) is 0.278. The Morgan fingerprint density at radius 1 is 1.12 bits per heavy atom. The Labute approximate surface area is 150 Å². The summed E-state index contributed by atoms with van der Waals surface area (Å²) in [4.78, 5) is 15.8. The maximum Gasteiger partial charge on any atom is 0.148 e. The third kappa shape index (κ3) is 2.50. The van der Waals surface area contributed by atoms with Gasteiger partial charge in [0.25, 0.3) is 0 Å². The smallest absolute Gasteiger partial charge is 0.148 e. The number of aromatic nitrogens is 3. The van der Waals surface area contributed by atoms with Gasteiger partial charge in [-0.3, -0.25) is 9.97 Å². The summed E-state index contributed by atoms with van der Waals surface area (Å²) in [6, 6.07) is 7.81. The van der Waals surface area contributed by atoms with Crippen molar-refractivity contribution in [2.45, 2.75) is 19.9 Å². The van der Waals surface area contributed by atoms with E-state index < -0.39 is 0 Å². The van der Waals surface area contributed by atoms with Crippen LogP contribution >= 0.6 is 23.2 Å². The van der Waals surface area contributed by atoms with Crippen molar-refractivity contribution < 1.29 is 0 Å². The van der Waals surface area contributed by atoms with Gasteiger partial charge >= 0.3 is 0 Å². The highest BCUT2D eigenvalue weighted by atomic mass is 35.5. The summed E-state index contributed by atoms with van der Waals surface area (Å²) >= 11 is 12.2. The summed E-state index contributed by atoms with van der Waals surface area (Å²) in [7, 11) is 0. The molecule has 1 saturated heterocycles. The van der Waals surface area contributed by atoms with Crippen LogP contribution in [0.3, 0.4) is 0 Å². The van der Waals surface area contributed by atoms with E-state index in [1.807, 2.05) is 12.3 Å². The van der Waals surface area contributed by atoms with Crippen molar-refractivity contribution in [1.82, 2.24) is 15.0 Å². The van der Waals surface area contributed by atoms with Crippen LogP contribution in [-0.2, 0) is 0 Å². The van der Waals surface area contributed by atoms with E-state index in [4.69, 9.17) is 28.2 Å². The van der Waals surface area contributed by atoms with Gasteiger partial charge in [0.05, 0.1) is 33.3 Å². The van der Waals surface area contributed by atoms with Gasteiger partial charge in [-0.05, 0) is 23.8 Å². The van der Waals surface area contributed by atoms with Crippen LogP contribution in [0.4, 0.5) is 5.82 Å². The van der Waals surface area contributed by atoms with E-state index >= 15 is 0 Å². The summed E-state index contributed by atoms with van der Waals surface area (Å²) in [5.74, 6) is 0.842. The van der Waals surface area contributed by atoms with E-state index in [1.165, 1.54) is 5.56 Å². The van der Waals surface area contributed by atoms with Crippen LogP contribution in [0.15, 0.2) is 42.9 Å². The molecule has 4 rings (SSSR count). The van der Waals surface area contributed by atoms with Gasteiger partial charge in [-0.25, -0.2) is 4.98 Å². The molecule has 0 aliphatic carbocycles. The number of anilines is 1.